The molecule has 5 atom stereocenters. The molecule has 0 fully saturated rings. The lowest BCUT2D eigenvalue weighted by Crippen LogP contribution is -2.37. The maximum Gasteiger partial charge on any atom is 0.323 e. The highest BCUT2D eigenvalue weighted by Gasteiger charge is 2.30. The number of rotatable bonds is 22. The Morgan fingerprint density at radius 2 is 0.969 bits per heavy atom. The van der Waals surface area contributed by atoms with Crippen LogP contribution in [0.3, 0.4) is 0 Å². The maximum atomic E-state index is 11.6. The molecule has 2 aliphatic rings. The number of pyridine rings is 3. The SMILES string of the molecule is CCOC(=O)[C@@H](N)Cc1noc(-c2ccc(Oc3ccc(Cl)cn3)cc2)n1.CCOC1=N[C@H](C(C)C)C(C)=NC1.CCOC1=N[C@H](C(C)C)C(C)=N[C@H]1Cc1noc(-c2ccc(Oc3ccc(Cl)cn3)cc2)n1.N[C@H](CO)Cc1noc(-c2ccc(Oc3ccc(Cl)cn3)cc2)n1. The van der Waals surface area contributed by atoms with Gasteiger partial charge in [0.2, 0.25) is 29.4 Å². The second-order valence-corrected chi connectivity index (χ2v) is 23.6. The predicted molar refractivity (Wildman–Crippen MR) is 368 cm³/mol. The zero-order valence-electron chi connectivity index (χ0n) is 55.0. The summed E-state index contributed by atoms with van der Waals surface area (Å²) in [5.74, 6) is 7.41. The summed E-state index contributed by atoms with van der Waals surface area (Å²) in [7, 11) is 0. The summed E-state index contributed by atoms with van der Waals surface area (Å²) in [5.41, 5.74) is 15.8. The van der Waals surface area contributed by atoms with Gasteiger partial charge in [0.25, 0.3) is 17.7 Å². The number of benzene rings is 3. The van der Waals surface area contributed by atoms with Gasteiger partial charge in [-0.1, -0.05) is 78.0 Å². The van der Waals surface area contributed by atoms with Crippen LogP contribution in [0, 0.1) is 11.8 Å². The van der Waals surface area contributed by atoms with Gasteiger partial charge in [-0.25, -0.2) is 24.9 Å². The molecule has 0 bridgehead atoms. The Balaban J connectivity index is 0.000000172. The van der Waals surface area contributed by atoms with Crippen LogP contribution >= 0.6 is 34.8 Å². The first-order valence-electron chi connectivity index (χ1n) is 31.2. The minimum absolute atomic E-state index is 0.0347. The van der Waals surface area contributed by atoms with E-state index >= 15 is 0 Å². The molecule has 5 N–H and O–H groups in total. The first-order valence-corrected chi connectivity index (χ1v) is 32.3. The van der Waals surface area contributed by atoms with Crippen LogP contribution in [0.2, 0.25) is 15.1 Å². The van der Waals surface area contributed by atoms with Crippen LogP contribution in [-0.4, -0.2) is 143 Å². The summed E-state index contributed by atoms with van der Waals surface area (Å²) in [4.78, 5) is 55.4. The zero-order chi connectivity index (χ0) is 69.4. The van der Waals surface area contributed by atoms with E-state index in [0.29, 0.717) is 141 Å². The quantitative estimate of drug-likeness (QED) is 0.0531. The van der Waals surface area contributed by atoms with Gasteiger partial charge in [-0.2, -0.15) is 15.0 Å². The van der Waals surface area contributed by atoms with Gasteiger partial charge in [0.1, 0.15) is 35.9 Å². The Morgan fingerprint density at radius 3 is 1.37 bits per heavy atom. The molecule has 0 amide bonds. The lowest BCUT2D eigenvalue weighted by Gasteiger charge is -2.26. The molecule has 0 radical (unpaired) electrons. The third-order valence-electron chi connectivity index (χ3n) is 13.9. The standard InChI is InChI=1S/C24H26ClN5O3.C18H17ClN4O4.C16H15ClN4O3.C10H18N2O/c1-5-31-24-19(27-15(4)22(29-24)14(2)3)12-20-28-23(33-30-20)16-6-9-18(10-7-16)32-21-11-8-17(25)13-26-21;1-2-25-18(24)14(20)9-15-22-17(27-23-15)11-3-6-13(7-4-11)26-16-8-5-12(19)10-21-16;17-11-3-6-15(19-8-11)23-13-4-1-10(2-5-13)16-20-14(21-24-16)7-12(18)9-22;1-5-13-9-6-11-8(4)10(12-9)7(2)3/h6-11,13-14,19,22H,5,12H2,1-4H3;3-8,10,14H,2,9,20H2,1H3;1-6,8,12,22H,7,9,18H2;7,10H,5-6H2,1-4H3/t19-,22+;14-;12-;10-/m0001/s1. The van der Waals surface area contributed by atoms with Crippen molar-refractivity contribution in [2.45, 2.75) is 112 Å². The highest BCUT2D eigenvalue weighted by molar-refractivity contribution is 6.31. The molecular weight excluding hydrogens is 1310 g/mol. The van der Waals surface area contributed by atoms with Gasteiger partial charge in [0.05, 0.1) is 53.6 Å². The van der Waals surface area contributed by atoms with E-state index in [2.05, 4.69) is 83.1 Å². The molecule has 26 nitrogen and oxygen atoms in total. The van der Waals surface area contributed by atoms with Crippen molar-refractivity contribution in [3.8, 4) is 69.3 Å². The zero-order valence-corrected chi connectivity index (χ0v) is 57.2. The molecule has 0 spiro atoms. The average Bonchev–Trinajstić information content (AvgIpc) is 1.85. The molecule has 29 heteroatoms. The lowest BCUT2D eigenvalue weighted by atomic mass is 9.98. The number of esters is 1. The van der Waals surface area contributed by atoms with E-state index in [9.17, 15) is 4.79 Å². The number of aliphatic hydroxyl groups excluding tert-OH is 1. The molecule has 97 heavy (non-hydrogen) atoms. The van der Waals surface area contributed by atoms with Crippen molar-refractivity contribution >= 4 is 64.0 Å². The largest absolute Gasteiger partial charge is 0.480 e. The molecule has 6 aromatic heterocycles. The van der Waals surface area contributed by atoms with Crippen molar-refractivity contribution < 1.29 is 51.9 Å². The fourth-order valence-electron chi connectivity index (χ4n) is 9.19. The number of aromatic nitrogens is 9. The van der Waals surface area contributed by atoms with E-state index in [0.717, 1.165) is 28.4 Å². The van der Waals surface area contributed by atoms with Gasteiger partial charge >= 0.3 is 5.97 Å². The minimum atomic E-state index is -0.835. The van der Waals surface area contributed by atoms with Gasteiger partial charge in [-0.3, -0.25) is 14.8 Å². The summed E-state index contributed by atoms with van der Waals surface area (Å²) >= 11 is 17.4. The van der Waals surface area contributed by atoms with Gasteiger partial charge < -0.3 is 58.6 Å². The Labute approximate surface area is 575 Å². The highest BCUT2D eigenvalue weighted by atomic mass is 35.5. The van der Waals surface area contributed by atoms with Crippen molar-refractivity contribution in [2.75, 3.05) is 33.0 Å². The first-order chi connectivity index (χ1) is 46.8. The van der Waals surface area contributed by atoms with Crippen LogP contribution in [0.4, 0.5) is 0 Å². The molecule has 11 rings (SSSR count). The highest BCUT2D eigenvalue weighted by Crippen LogP contribution is 2.29. The summed E-state index contributed by atoms with van der Waals surface area (Å²) < 4.78 is 48.9. The van der Waals surface area contributed by atoms with Crippen LogP contribution in [0.1, 0.15) is 79.8 Å². The number of carbonyl (C=O) groups excluding carboxylic acids is 1. The molecular formula is C68H76Cl3N15O11. The van der Waals surface area contributed by atoms with Crippen LogP contribution in [0.25, 0.3) is 34.4 Å². The van der Waals surface area contributed by atoms with Gasteiger partial charge in [0.15, 0.2) is 17.5 Å². The number of nitrogens with zero attached hydrogens (tertiary/aromatic N) is 13. The van der Waals surface area contributed by atoms with E-state index in [-0.39, 0.29) is 37.8 Å². The number of aliphatic hydroxyl groups is 1. The monoisotopic (exact) mass is 1380 g/mol. The maximum absolute atomic E-state index is 11.6. The summed E-state index contributed by atoms with van der Waals surface area (Å²) in [5, 5.41) is 22.4. The predicted octanol–water partition coefficient (Wildman–Crippen LogP) is 12.8. The van der Waals surface area contributed by atoms with Crippen LogP contribution < -0.4 is 25.7 Å². The van der Waals surface area contributed by atoms with Crippen LogP contribution in [-0.2, 0) is 38.3 Å². The molecule has 0 saturated carbocycles. The normalized spacial score (nSPS) is 15.5. The number of ether oxygens (including phenoxy) is 6. The molecule has 0 unspecified atom stereocenters. The van der Waals surface area contributed by atoms with Crippen molar-refractivity contribution in [3.63, 3.8) is 0 Å². The smallest absolute Gasteiger partial charge is 0.323 e. The van der Waals surface area contributed by atoms with Gasteiger partial charge in [-0.15, -0.1) is 0 Å². The van der Waals surface area contributed by atoms with E-state index < -0.39 is 18.1 Å². The van der Waals surface area contributed by atoms with Crippen LogP contribution in [0.15, 0.2) is 161 Å². The second kappa shape index (κ2) is 36.5. The molecule has 9 aromatic rings. The Hall–Kier alpha value is -9.57. The Kier molecular flexibility index (Phi) is 27.6. The topological polar surface area (TPSA) is 350 Å². The summed E-state index contributed by atoms with van der Waals surface area (Å²) in [6.07, 6.45) is 5.49. The average molecular weight is 1390 g/mol. The van der Waals surface area contributed by atoms with Crippen molar-refractivity contribution in [1.82, 2.24) is 45.4 Å². The Morgan fingerprint density at radius 1 is 0.546 bits per heavy atom. The number of aliphatic imine (C=N–C) groups is 4. The van der Waals surface area contributed by atoms with Crippen molar-refractivity contribution in [3.05, 3.63) is 160 Å². The third kappa shape index (κ3) is 22.5. The molecule has 2 aliphatic heterocycles. The van der Waals surface area contributed by atoms with Gasteiger partial charge in [0, 0.05) is 90.2 Å². The van der Waals surface area contributed by atoms with E-state index in [1.807, 2.05) is 52.0 Å². The fraction of sp³-hybridized carbons (Fsp3) is 0.353. The van der Waals surface area contributed by atoms with E-state index in [4.69, 9.17) is 103 Å². The fourth-order valence-corrected chi connectivity index (χ4v) is 9.52. The third-order valence-corrected chi connectivity index (χ3v) is 14.6. The second-order valence-electron chi connectivity index (χ2n) is 22.3. The van der Waals surface area contributed by atoms with E-state index in [1.54, 1.807) is 91.9 Å². The van der Waals surface area contributed by atoms with Crippen molar-refractivity contribution in [2.24, 2.45) is 43.3 Å². The lowest BCUT2D eigenvalue weighted by molar-refractivity contribution is -0.144. The minimum Gasteiger partial charge on any atom is -0.480 e. The molecule has 3 aromatic carbocycles. The number of carbonyl (C=O) groups is 1. The number of halogens is 3. The van der Waals surface area contributed by atoms with Gasteiger partial charge in [-0.05, 0) is 137 Å². The van der Waals surface area contributed by atoms with E-state index in [1.165, 1.54) is 18.6 Å². The number of hydrogen-bond acceptors (Lipinski definition) is 26. The van der Waals surface area contributed by atoms with Crippen molar-refractivity contribution in [1.29, 1.82) is 0 Å². The molecule has 0 saturated heterocycles. The summed E-state index contributed by atoms with van der Waals surface area (Å²) in [6, 6.07) is 30.5. The first kappa shape index (κ1) is 73.2. The molecule has 8 heterocycles. The summed E-state index contributed by atoms with van der Waals surface area (Å²) in [6.45, 7) is 20.2. The van der Waals surface area contributed by atoms with Crippen LogP contribution in [0.5, 0.6) is 34.9 Å². The Bertz CT molecular complexity index is 4040. The number of hydrogen-bond donors (Lipinski definition) is 3. The molecule has 510 valence electrons. The molecule has 0 aliphatic carbocycles. The number of nitrogens with two attached hydrogens (primary N) is 2.